The predicted octanol–water partition coefficient (Wildman–Crippen LogP) is 2.31. The van der Waals surface area contributed by atoms with Crippen molar-refractivity contribution in [2.45, 2.75) is 24.8 Å². The molecule has 1 heterocycles. The minimum Gasteiger partial charge on any atom is -0.368 e. The Labute approximate surface area is 105 Å². The van der Waals surface area contributed by atoms with Crippen molar-refractivity contribution in [3.05, 3.63) is 34.9 Å². The summed E-state index contributed by atoms with van der Waals surface area (Å²) in [7, 11) is 1.87. The van der Waals surface area contributed by atoms with E-state index in [1.165, 1.54) is 16.7 Å². The van der Waals surface area contributed by atoms with Gasteiger partial charge in [-0.2, -0.15) is 0 Å². The molecule has 90 valence electrons. The van der Waals surface area contributed by atoms with Crippen LogP contribution in [0.1, 0.15) is 16.7 Å². The fourth-order valence-electron chi connectivity index (χ4n) is 1.49. The second-order valence-corrected chi connectivity index (χ2v) is 5.05. The second kappa shape index (κ2) is 4.79. The summed E-state index contributed by atoms with van der Waals surface area (Å²) in [6.45, 7) is 4.25. The Bertz CT molecular complexity index is 533. The van der Waals surface area contributed by atoms with Crippen LogP contribution in [0.15, 0.2) is 23.4 Å². The maximum atomic E-state index is 5.63. The van der Waals surface area contributed by atoms with Gasteiger partial charge in [0.1, 0.15) is 0 Å². The molecule has 2 aromatic rings. The van der Waals surface area contributed by atoms with E-state index < -0.39 is 0 Å². The molecule has 1 aromatic carbocycles. The van der Waals surface area contributed by atoms with Gasteiger partial charge in [-0.3, -0.25) is 4.57 Å². The summed E-state index contributed by atoms with van der Waals surface area (Å²) in [5.74, 6) is 1.33. The van der Waals surface area contributed by atoms with Crippen molar-refractivity contribution in [1.29, 1.82) is 0 Å². The van der Waals surface area contributed by atoms with Crippen molar-refractivity contribution in [2.75, 3.05) is 5.73 Å². The van der Waals surface area contributed by atoms with Crippen molar-refractivity contribution in [3.8, 4) is 0 Å². The molecule has 0 bridgehead atoms. The lowest BCUT2D eigenvalue weighted by Gasteiger charge is -2.05. The Morgan fingerprint density at radius 1 is 1.24 bits per heavy atom. The minimum atomic E-state index is 0.451. The molecule has 5 heteroatoms. The van der Waals surface area contributed by atoms with Gasteiger partial charge in [0.2, 0.25) is 5.95 Å². The third kappa shape index (κ3) is 2.61. The quantitative estimate of drug-likeness (QED) is 0.847. The van der Waals surface area contributed by atoms with Gasteiger partial charge >= 0.3 is 0 Å². The van der Waals surface area contributed by atoms with E-state index in [0.29, 0.717) is 5.95 Å². The first-order chi connectivity index (χ1) is 8.08. The van der Waals surface area contributed by atoms with Gasteiger partial charge in [-0.1, -0.05) is 30.0 Å². The van der Waals surface area contributed by atoms with Crippen LogP contribution in [0.4, 0.5) is 5.95 Å². The average Bonchev–Trinajstić information content (AvgIpc) is 2.62. The van der Waals surface area contributed by atoms with Crippen LogP contribution in [0, 0.1) is 13.8 Å². The summed E-state index contributed by atoms with van der Waals surface area (Å²) >= 11 is 1.64. The lowest BCUT2D eigenvalue weighted by atomic mass is 10.1. The number of benzene rings is 1. The molecule has 0 saturated heterocycles. The van der Waals surface area contributed by atoms with Gasteiger partial charge in [-0.05, 0) is 30.5 Å². The van der Waals surface area contributed by atoms with E-state index in [-0.39, 0.29) is 0 Å². The number of nitrogen functional groups attached to an aromatic ring is 1. The Hall–Kier alpha value is -1.49. The van der Waals surface area contributed by atoms with Gasteiger partial charge in [0.15, 0.2) is 5.16 Å². The lowest BCUT2D eigenvalue weighted by Crippen LogP contribution is -1.98. The third-order valence-corrected chi connectivity index (χ3v) is 3.90. The molecule has 1 aromatic heterocycles. The fourth-order valence-corrected chi connectivity index (χ4v) is 2.35. The van der Waals surface area contributed by atoms with Crippen LogP contribution in [0.3, 0.4) is 0 Å². The maximum absolute atomic E-state index is 5.63. The van der Waals surface area contributed by atoms with Gasteiger partial charge in [-0.15, -0.1) is 10.2 Å². The van der Waals surface area contributed by atoms with Crippen LogP contribution in [-0.2, 0) is 12.8 Å². The first-order valence-corrected chi connectivity index (χ1v) is 6.40. The number of aromatic nitrogens is 3. The van der Waals surface area contributed by atoms with Crippen LogP contribution in [0.25, 0.3) is 0 Å². The zero-order valence-electron chi connectivity index (χ0n) is 10.3. The Morgan fingerprint density at radius 3 is 2.59 bits per heavy atom. The molecule has 0 atom stereocenters. The minimum absolute atomic E-state index is 0.451. The molecule has 0 aliphatic carbocycles. The average molecular weight is 248 g/mol. The highest BCUT2D eigenvalue weighted by molar-refractivity contribution is 7.98. The normalized spacial score (nSPS) is 10.8. The molecule has 17 heavy (non-hydrogen) atoms. The molecule has 0 radical (unpaired) electrons. The van der Waals surface area contributed by atoms with E-state index in [9.17, 15) is 0 Å². The summed E-state index contributed by atoms with van der Waals surface area (Å²) < 4.78 is 1.80. The molecule has 0 fully saturated rings. The number of hydrogen-bond donors (Lipinski definition) is 1. The second-order valence-electron chi connectivity index (χ2n) is 4.11. The fraction of sp³-hybridized carbons (Fsp3) is 0.333. The SMILES string of the molecule is Cc1ccc(CSc2nnc(N)n2C)cc1C. The molecule has 0 aliphatic heterocycles. The smallest absolute Gasteiger partial charge is 0.222 e. The first-order valence-electron chi connectivity index (χ1n) is 5.41. The van der Waals surface area contributed by atoms with Gasteiger partial charge < -0.3 is 5.73 Å². The van der Waals surface area contributed by atoms with E-state index in [4.69, 9.17) is 5.73 Å². The molecule has 4 nitrogen and oxygen atoms in total. The van der Waals surface area contributed by atoms with Crippen LogP contribution in [-0.4, -0.2) is 14.8 Å². The number of anilines is 1. The number of nitrogens with two attached hydrogens (primary N) is 1. The standard InChI is InChI=1S/C12H16N4S/c1-8-4-5-10(6-9(8)2)7-17-12-15-14-11(13)16(12)3/h4-6H,7H2,1-3H3,(H2,13,14). The highest BCUT2D eigenvalue weighted by Gasteiger charge is 2.06. The van der Waals surface area contributed by atoms with Crippen molar-refractivity contribution in [3.63, 3.8) is 0 Å². The van der Waals surface area contributed by atoms with Crippen molar-refractivity contribution in [1.82, 2.24) is 14.8 Å². The summed E-state index contributed by atoms with van der Waals surface area (Å²) in [4.78, 5) is 0. The van der Waals surface area contributed by atoms with Gasteiger partial charge in [0.05, 0.1) is 0 Å². The number of hydrogen-bond acceptors (Lipinski definition) is 4. The summed E-state index contributed by atoms with van der Waals surface area (Å²) in [5, 5.41) is 8.70. The Kier molecular flexibility index (Phi) is 3.38. The molecule has 2 N–H and O–H groups in total. The van der Waals surface area contributed by atoms with Crippen molar-refractivity contribution < 1.29 is 0 Å². The summed E-state index contributed by atoms with van der Waals surface area (Å²) in [6.07, 6.45) is 0. The first kappa shape index (κ1) is 12.0. The molecule has 0 amide bonds. The molecule has 0 saturated carbocycles. The molecular weight excluding hydrogens is 232 g/mol. The predicted molar refractivity (Wildman–Crippen MR) is 70.9 cm³/mol. The highest BCUT2D eigenvalue weighted by atomic mass is 32.2. The molecule has 0 aliphatic rings. The van der Waals surface area contributed by atoms with E-state index >= 15 is 0 Å². The number of aryl methyl sites for hydroxylation is 2. The maximum Gasteiger partial charge on any atom is 0.222 e. The van der Waals surface area contributed by atoms with Crippen LogP contribution < -0.4 is 5.73 Å². The number of thioether (sulfide) groups is 1. The van der Waals surface area contributed by atoms with Gasteiger partial charge in [0.25, 0.3) is 0 Å². The molecule has 2 rings (SSSR count). The Morgan fingerprint density at radius 2 is 2.00 bits per heavy atom. The molecule has 0 unspecified atom stereocenters. The zero-order chi connectivity index (χ0) is 12.4. The molecular formula is C12H16N4S. The van der Waals surface area contributed by atoms with E-state index in [1.807, 2.05) is 7.05 Å². The Balaban J connectivity index is 2.07. The summed E-state index contributed by atoms with van der Waals surface area (Å²) in [5.41, 5.74) is 9.56. The van der Waals surface area contributed by atoms with Gasteiger partial charge in [0, 0.05) is 12.8 Å². The lowest BCUT2D eigenvalue weighted by molar-refractivity contribution is 0.796. The van der Waals surface area contributed by atoms with E-state index in [1.54, 1.807) is 16.3 Å². The van der Waals surface area contributed by atoms with E-state index in [2.05, 4.69) is 42.2 Å². The van der Waals surface area contributed by atoms with Gasteiger partial charge in [-0.25, -0.2) is 0 Å². The highest BCUT2D eigenvalue weighted by Crippen LogP contribution is 2.22. The van der Waals surface area contributed by atoms with Crippen molar-refractivity contribution >= 4 is 17.7 Å². The number of rotatable bonds is 3. The topological polar surface area (TPSA) is 56.7 Å². The van der Waals surface area contributed by atoms with Crippen LogP contribution >= 0.6 is 11.8 Å². The molecule has 0 spiro atoms. The third-order valence-electron chi connectivity index (χ3n) is 2.81. The van der Waals surface area contributed by atoms with Crippen LogP contribution in [0.5, 0.6) is 0 Å². The summed E-state index contributed by atoms with van der Waals surface area (Å²) in [6, 6.07) is 6.51. The largest absolute Gasteiger partial charge is 0.368 e. The van der Waals surface area contributed by atoms with E-state index in [0.717, 1.165) is 10.9 Å². The van der Waals surface area contributed by atoms with Crippen LogP contribution in [0.2, 0.25) is 0 Å². The zero-order valence-corrected chi connectivity index (χ0v) is 11.1. The number of nitrogens with zero attached hydrogens (tertiary/aromatic N) is 3. The van der Waals surface area contributed by atoms with Crippen molar-refractivity contribution in [2.24, 2.45) is 7.05 Å². The monoisotopic (exact) mass is 248 g/mol.